The van der Waals surface area contributed by atoms with Gasteiger partial charge in [-0.1, -0.05) is 57.5 Å². The molecule has 1 unspecified atom stereocenters. The lowest BCUT2D eigenvalue weighted by Gasteiger charge is -2.31. The van der Waals surface area contributed by atoms with E-state index in [0.717, 1.165) is 12.8 Å². The van der Waals surface area contributed by atoms with Crippen molar-refractivity contribution in [1.29, 1.82) is 0 Å². The van der Waals surface area contributed by atoms with E-state index in [1.165, 1.54) is 5.56 Å². The van der Waals surface area contributed by atoms with Gasteiger partial charge in [-0.25, -0.2) is 0 Å². The summed E-state index contributed by atoms with van der Waals surface area (Å²) in [6.07, 6.45) is 1.63. The van der Waals surface area contributed by atoms with Crippen LogP contribution < -0.4 is 0 Å². The molecule has 0 heterocycles. The Kier molecular flexibility index (Phi) is 3.70. The Labute approximate surface area is 86.8 Å². The van der Waals surface area contributed by atoms with Crippen LogP contribution in [0.3, 0.4) is 0 Å². The predicted octanol–water partition coefficient (Wildman–Crippen LogP) is 3.13. The van der Waals surface area contributed by atoms with E-state index in [1.807, 2.05) is 18.2 Å². The third-order valence-corrected chi connectivity index (χ3v) is 2.91. The minimum absolute atomic E-state index is 0.142. The first kappa shape index (κ1) is 11.3. The van der Waals surface area contributed by atoms with E-state index in [4.69, 9.17) is 0 Å². The Morgan fingerprint density at radius 2 is 1.79 bits per heavy atom. The zero-order chi connectivity index (χ0) is 10.6. The van der Waals surface area contributed by atoms with Crippen LogP contribution in [0.15, 0.2) is 30.3 Å². The molecular weight excluding hydrogens is 172 g/mol. The Balaban J connectivity index is 2.84. The van der Waals surface area contributed by atoms with E-state index in [-0.39, 0.29) is 11.5 Å². The fourth-order valence-electron chi connectivity index (χ4n) is 1.69. The van der Waals surface area contributed by atoms with Crippen molar-refractivity contribution in [3.05, 3.63) is 35.9 Å². The first-order valence-electron chi connectivity index (χ1n) is 5.32. The molecule has 0 aliphatic heterocycles. The highest BCUT2D eigenvalue weighted by Gasteiger charge is 2.28. The Morgan fingerprint density at radius 1 is 1.21 bits per heavy atom. The van der Waals surface area contributed by atoms with E-state index in [9.17, 15) is 5.11 Å². The third-order valence-electron chi connectivity index (χ3n) is 2.91. The normalized spacial score (nSPS) is 14.0. The maximum Gasteiger partial charge on any atom is 0.0631 e. The molecule has 0 aliphatic carbocycles. The van der Waals surface area contributed by atoms with E-state index < -0.39 is 0 Å². The maximum atomic E-state index is 10.0. The fourth-order valence-corrected chi connectivity index (χ4v) is 1.69. The van der Waals surface area contributed by atoms with Crippen LogP contribution in [0.25, 0.3) is 0 Å². The lowest BCUT2D eigenvalue weighted by atomic mass is 9.78. The smallest absolute Gasteiger partial charge is 0.0631 e. The fraction of sp³-hybridized carbons (Fsp3) is 0.538. The van der Waals surface area contributed by atoms with Crippen LogP contribution in [0.5, 0.6) is 0 Å². The van der Waals surface area contributed by atoms with Crippen molar-refractivity contribution < 1.29 is 5.11 Å². The molecule has 0 saturated heterocycles. The number of aliphatic hydroxyl groups excluding tert-OH is 1. The van der Waals surface area contributed by atoms with Gasteiger partial charge in [-0.15, -0.1) is 0 Å². The standard InChI is InChI=1S/C13H20O/c1-4-8-12(14)13(2,3)11-9-6-5-7-10-11/h5-7,9-10,12,14H,4,8H2,1-3H3. The Bertz CT molecular complexity index is 264. The zero-order valence-electron chi connectivity index (χ0n) is 9.33. The number of hydrogen-bond acceptors (Lipinski definition) is 1. The molecule has 0 spiro atoms. The molecule has 1 heteroatoms. The molecule has 0 radical (unpaired) electrons. The highest BCUT2D eigenvalue weighted by molar-refractivity contribution is 5.24. The highest BCUT2D eigenvalue weighted by Crippen LogP contribution is 2.29. The summed E-state index contributed by atoms with van der Waals surface area (Å²) >= 11 is 0. The van der Waals surface area contributed by atoms with Crippen molar-refractivity contribution in [3.63, 3.8) is 0 Å². The quantitative estimate of drug-likeness (QED) is 0.777. The SMILES string of the molecule is CCCC(O)C(C)(C)c1ccccc1. The van der Waals surface area contributed by atoms with Crippen LogP contribution in [0.4, 0.5) is 0 Å². The molecule has 0 saturated carbocycles. The van der Waals surface area contributed by atoms with E-state index in [1.54, 1.807) is 0 Å². The lowest BCUT2D eigenvalue weighted by molar-refractivity contribution is 0.0905. The van der Waals surface area contributed by atoms with Crippen molar-refractivity contribution in [1.82, 2.24) is 0 Å². The van der Waals surface area contributed by atoms with E-state index in [0.29, 0.717) is 0 Å². The van der Waals surface area contributed by atoms with Crippen molar-refractivity contribution in [2.45, 2.75) is 45.1 Å². The molecule has 1 aromatic carbocycles. The first-order valence-corrected chi connectivity index (χ1v) is 5.32. The van der Waals surface area contributed by atoms with Gasteiger partial charge in [-0.05, 0) is 12.0 Å². The van der Waals surface area contributed by atoms with Crippen LogP contribution >= 0.6 is 0 Å². The van der Waals surface area contributed by atoms with Gasteiger partial charge in [-0.3, -0.25) is 0 Å². The molecule has 1 aromatic rings. The average molecular weight is 192 g/mol. The molecular formula is C13H20O. The van der Waals surface area contributed by atoms with Crippen LogP contribution in [-0.4, -0.2) is 11.2 Å². The molecule has 1 N–H and O–H groups in total. The molecule has 14 heavy (non-hydrogen) atoms. The van der Waals surface area contributed by atoms with Gasteiger partial charge in [0, 0.05) is 5.41 Å². The number of hydrogen-bond donors (Lipinski definition) is 1. The molecule has 1 rings (SSSR count). The van der Waals surface area contributed by atoms with Gasteiger partial charge in [0.05, 0.1) is 6.10 Å². The molecule has 0 fully saturated rings. The van der Waals surface area contributed by atoms with Crippen LogP contribution in [-0.2, 0) is 5.41 Å². The molecule has 78 valence electrons. The van der Waals surface area contributed by atoms with E-state index >= 15 is 0 Å². The summed E-state index contributed by atoms with van der Waals surface area (Å²) in [7, 11) is 0. The van der Waals surface area contributed by atoms with Crippen LogP contribution in [0.1, 0.15) is 39.2 Å². The maximum absolute atomic E-state index is 10.0. The topological polar surface area (TPSA) is 20.2 Å². The third kappa shape index (κ3) is 2.36. The number of rotatable bonds is 4. The minimum Gasteiger partial charge on any atom is -0.392 e. The summed E-state index contributed by atoms with van der Waals surface area (Å²) < 4.78 is 0. The summed E-state index contributed by atoms with van der Waals surface area (Å²) in [4.78, 5) is 0. The average Bonchev–Trinajstić information content (AvgIpc) is 2.19. The molecule has 1 atom stereocenters. The highest BCUT2D eigenvalue weighted by atomic mass is 16.3. The van der Waals surface area contributed by atoms with Crippen molar-refractivity contribution in [2.75, 3.05) is 0 Å². The number of benzene rings is 1. The second-order valence-electron chi connectivity index (χ2n) is 4.39. The number of aliphatic hydroxyl groups is 1. The zero-order valence-corrected chi connectivity index (χ0v) is 9.33. The van der Waals surface area contributed by atoms with Crippen LogP contribution in [0, 0.1) is 0 Å². The second-order valence-corrected chi connectivity index (χ2v) is 4.39. The molecule has 1 nitrogen and oxygen atoms in total. The summed E-state index contributed by atoms with van der Waals surface area (Å²) in [5.74, 6) is 0. The van der Waals surface area contributed by atoms with Gasteiger partial charge in [0.15, 0.2) is 0 Å². The van der Waals surface area contributed by atoms with E-state index in [2.05, 4.69) is 32.9 Å². The van der Waals surface area contributed by atoms with Gasteiger partial charge in [0.2, 0.25) is 0 Å². The van der Waals surface area contributed by atoms with Gasteiger partial charge in [0.1, 0.15) is 0 Å². The van der Waals surface area contributed by atoms with Crippen molar-refractivity contribution in [3.8, 4) is 0 Å². The van der Waals surface area contributed by atoms with Crippen LogP contribution in [0.2, 0.25) is 0 Å². The predicted molar refractivity (Wildman–Crippen MR) is 60.4 cm³/mol. The largest absolute Gasteiger partial charge is 0.392 e. The second kappa shape index (κ2) is 4.61. The molecule has 0 bridgehead atoms. The summed E-state index contributed by atoms with van der Waals surface area (Å²) in [6.45, 7) is 6.30. The van der Waals surface area contributed by atoms with Gasteiger partial charge in [0.25, 0.3) is 0 Å². The summed E-state index contributed by atoms with van der Waals surface area (Å²) in [5.41, 5.74) is 1.07. The summed E-state index contributed by atoms with van der Waals surface area (Å²) in [6, 6.07) is 10.2. The van der Waals surface area contributed by atoms with Gasteiger partial charge < -0.3 is 5.11 Å². The molecule has 0 amide bonds. The van der Waals surface area contributed by atoms with Crippen molar-refractivity contribution in [2.24, 2.45) is 0 Å². The molecule has 0 aliphatic rings. The minimum atomic E-state index is -0.255. The van der Waals surface area contributed by atoms with Gasteiger partial charge in [-0.2, -0.15) is 0 Å². The Hall–Kier alpha value is -0.820. The lowest BCUT2D eigenvalue weighted by Crippen LogP contribution is -2.33. The molecule has 0 aromatic heterocycles. The van der Waals surface area contributed by atoms with Crippen molar-refractivity contribution >= 4 is 0 Å². The van der Waals surface area contributed by atoms with Gasteiger partial charge >= 0.3 is 0 Å². The summed E-state index contributed by atoms with van der Waals surface area (Å²) in [5, 5.41) is 10.0. The monoisotopic (exact) mass is 192 g/mol. The first-order chi connectivity index (χ1) is 6.59. The Morgan fingerprint density at radius 3 is 2.29 bits per heavy atom.